The molecule has 0 fully saturated rings. The maximum absolute atomic E-state index is 5.83. The third-order valence-electron chi connectivity index (χ3n) is 2.42. The number of nitrogens with two attached hydrogens (primary N) is 1. The van der Waals surface area contributed by atoms with Gasteiger partial charge in [-0.15, -0.1) is 0 Å². The van der Waals surface area contributed by atoms with E-state index in [4.69, 9.17) is 5.73 Å². The lowest BCUT2D eigenvalue weighted by Gasteiger charge is -2.09. The van der Waals surface area contributed by atoms with E-state index < -0.39 is 0 Å². The zero-order valence-corrected chi connectivity index (χ0v) is 9.17. The van der Waals surface area contributed by atoms with E-state index in [0.717, 1.165) is 17.9 Å². The zero-order chi connectivity index (χ0) is 10.7. The van der Waals surface area contributed by atoms with Gasteiger partial charge < -0.3 is 10.3 Å². The number of anilines is 1. The Morgan fingerprint density at radius 2 is 2.21 bits per heavy atom. The topological polar surface area (TPSA) is 30.9 Å². The van der Waals surface area contributed by atoms with Crippen LogP contribution in [0.2, 0.25) is 0 Å². The van der Waals surface area contributed by atoms with Gasteiger partial charge in [0.05, 0.1) is 5.69 Å². The maximum Gasteiger partial charge on any atom is 0.0526 e. The molecule has 2 N–H and O–H groups in total. The molecule has 14 heavy (non-hydrogen) atoms. The highest BCUT2D eigenvalue weighted by Gasteiger charge is 2.05. The van der Waals surface area contributed by atoms with Gasteiger partial charge >= 0.3 is 0 Å². The van der Waals surface area contributed by atoms with Crippen LogP contribution in [0.3, 0.4) is 0 Å². The van der Waals surface area contributed by atoms with Gasteiger partial charge in [0.2, 0.25) is 0 Å². The van der Waals surface area contributed by atoms with Crippen molar-refractivity contribution in [2.75, 3.05) is 5.73 Å². The van der Waals surface area contributed by atoms with Crippen molar-refractivity contribution in [1.82, 2.24) is 4.57 Å². The van der Waals surface area contributed by atoms with E-state index in [1.807, 2.05) is 25.1 Å². The summed E-state index contributed by atoms with van der Waals surface area (Å²) in [6, 6.07) is 2.01. The lowest BCUT2D eigenvalue weighted by atomic mass is 10.2. The standard InChI is InChI=1S/C12H18N2/c1-5-6-9(2)8-14-10(3)7-12(13)11(14)4/h5-7H,1,8,13H2,2-4H3/b9-6+. The first-order valence-corrected chi connectivity index (χ1v) is 4.76. The SMILES string of the molecule is C=C/C=C(\C)Cn1c(C)cc(N)c1C. The van der Waals surface area contributed by atoms with Gasteiger partial charge in [0, 0.05) is 17.9 Å². The molecule has 0 aromatic carbocycles. The van der Waals surface area contributed by atoms with Crippen molar-refractivity contribution in [2.24, 2.45) is 0 Å². The van der Waals surface area contributed by atoms with Gasteiger partial charge in [-0.2, -0.15) is 0 Å². The monoisotopic (exact) mass is 190 g/mol. The maximum atomic E-state index is 5.83. The largest absolute Gasteiger partial charge is 0.397 e. The van der Waals surface area contributed by atoms with Gasteiger partial charge in [-0.05, 0) is 26.8 Å². The number of aryl methyl sites for hydroxylation is 1. The molecular formula is C12H18N2. The smallest absolute Gasteiger partial charge is 0.0526 e. The third kappa shape index (κ3) is 2.08. The fourth-order valence-corrected chi connectivity index (χ4v) is 1.57. The van der Waals surface area contributed by atoms with Crippen LogP contribution in [0.15, 0.2) is 30.4 Å². The molecule has 0 saturated heterocycles. The first-order valence-electron chi connectivity index (χ1n) is 4.76. The Hall–Kier alpha value is -1.44. The molecule has 1 aromatic rings. The van der Waals surface area contributed by atoms with Crippen molar-refractivity contribution >= 4 is 5.69 Å². The minimum absolute atomic E-state index is 0.869. The van der Waals surface area contributed by atoms with E-state index in [1.54, 1.807) is 0 Å². The third-order valence-corrected chi connectivity index (χ3v) is 2.42. The number of aromatic nitrogens is 1. The van der Waals surface area contributed by atoms with Gasteiger partial charge in [0.1, 0.15) is 0 Å². The van der Waals surface area contributed by atoms with Crippen molar-refractivity contribution in [3.8, 4) is 0 Å². The normalized spacial score (nSPS) is 11.8. The number of rotatable bonds is 3. The van der Waals surface area contributed by atoms with Crippen molar-refractivity contribution in [2.45, 2.75) is 27.3 Å². The van der Waals surface area contributed by atoms with Gasteiger partial charge in [0.15, 0.2) is 0 Å². The molecule has 0 atom stereocenters. The Morgan fingerprint density at radius 3 is 2.64 bits per heavy atom. The van der Waals surface area contributed by atoms with Crippen LogP contribution in [-0.2, 0) is 6.54 Å². The van der Waals surface area contributed by atoms with Gasteiger partial charge in [0.25, 0.3) is 0 Å². The molecule has 0 aliphatic heterocycles. The van der Waals surface area contributed by atoms with Crippen LogP contribution in [0.5, 0.6) is 0 Å². The second kappa shape index (κ2) is 4.18. The fraction of sp³-hybridized carbons (Fsp3) is 0.333. The molecule has 76 valence electrons. The number of hydrogen-bond donors (Lipinski definition) is 1. The van der Waals surface area contributed by atoms with Crippen LogP contribution in [0.4, 0.5) is 5.69 Å². The average Bonchev–Trinajstić information content (AvgIpc) is 2.33. The van der Waals surface area contributed by atoms with Crippen molar-refractivity contribution < 1.29 is 0 Å². The molecule has 0 aliphatic carbocycles. The number of allylic oxidation sites excluding steroid dienone is 3. The summed E-state index contributed by atoms with van der Waals surface area (Å²) in [6.07, 6.45) is 3.84. The van der Waals surface area contributed by atoms with Crippen molar-refractivity contribution in [3.05, 3.63) is 41.8 Å². The first-order chi connectivity index (χ1) is 6.56. The number of nitrogens with zero attached hydrogens (tertiary/aromatic N) is 1. The second-order valence-corrected chi connectivity index (χ2v) is 3.66. The van der Waals surface area contributed by atoms with E-state index in [-0.39, 0.29) is 0 Å². The molecule has 1 rings (SSSR count). The van der Waals surface area contributed by atoms with Crippen LogP contribution in [-0.4, -0.2) is 4.57 Å². The highest BCUT2D eigenvalue weighted by atomic mass is 15.0. The summed E-state index contributed by atoms with van der Waals surface area (Å²) in [5.41, 5.74) is 10.3. The van der Waals surface area contributed by atoms with Gasteiger partial charge in [-0.1, -0.05) is 24.3 Å². The molecule has 0 unspecified atom stereocenters. The lowest BCUT2D eigenvalue weighted by Crippen LogP contribution is -2.03. The molecule has 0 spiro atoms. The average molecular weight is 190 g/mol. The van der Waals surface area contributed by atoms with Crippen LogP contribution in [0, 0.1) is 13.8 Å². The summed E-state index contributed by atoms with van der Waals surface area (Å²) in [6.45, 7) is 10.8. The van der Waals surface area contributed by atoms with E-state index in [9.17, 15) is 0 Å². The minimum Gasteiger partial charge on any atom is -0.397 e. The summed E-state index contributed by atoms with van der Waals surface area (Å²) in [7, 11) is 0. The molecule has 1 heterocycles. The Balaban J connectivity index is 2.97. The van der Waals surface area contributed by atoms with E-state index in [2.05, 4.69) is 25.0 Å². The van der Waals surface area contributed by atoms with Crippen LogP contribution < -0.4 is 5.73 Å². The van der Waals surface area contributed by atoms with E-state index in [1.165, 1.54) is 11.3 Å². The van der Waals surface area contributed by atoms with Crippen LogP contribution >= 0.6 is 0 Å². The summed E-state index contributed by atoms with van der Waals surface area (Å²) < 4.78 is 2.21. The number of nitrogen functional groups attached to an aromatic ring is 1. The predicted octanol–water partition coefficient (Wildman–Crippen LogP) is 2.82. The predicted molar refractivity (Wildman–Crippen MR) is 62.3 cm³/mol. The molecule has 2 heteroatoms. The summed E-state index contributed by atoms with van der Waals surface area (Å²) in [4.78, 5) is 0. The highest BCUT2D eigenvalue weighted by Crippen LogP contribution is 2.18. The molecule has 0 saturated carbocycles. The first kappa shape index (κ1) is 10.6. The van der Waals surface area contributed by atoms with E-state index in [0.29, 0.717) is 0 Å². The molecule has 0 radical (unpaired) electrons. The Morgan fingerprint density at radius 1 is 1.57 bits per heavy atom. The number of hydrogen-bond acceptors (Lipinski definition) is 1. The second-order valence-electron chi connectivity index (χ2n) is 3.66. The van der Waals surface area contributed by atoms with Crippen LogP contribution in [0.1, 0.15) is 18.3 Å². The Labute approximate surface area is 85.7 Å². The minimum atomic E-state index is 0.869. The molecular weight excluding hydrogens is 172 g/mol. The summed E-state index contributed by atoms with van der Waals surface area (Å²) in [5, 5.41) is 0. The molecule has 0 amide bonds. The highest BCUT2D eigenvalue weighted by molar-refractivity contribution is 5.46. The van der Waals surface area contributed by atoms with Gasteiger partial charge in [-0.25, -0.2) is 0 Å². The van der Waals surface area contributed by atoms with Crippen LogP contribution in [0.25, 0.3) is 0 Å². The van der Waals surface area contributed by atoms with E-state index >= 15 is 0 Å². The quantitative estimate of drug-likeness (QED) is 0.730. The summed E-state index contributed by atoms with van der Waals surface area (Å²) in [5.74, 6) is 0. The fourth-order valence-electron chi connectivity index (χ4n) is 1.57. The zero-order valence-electron chi connectivity index (χ0n) is 9.17. The summed E-state index contributed by atoms with van der Waals surface area (Å²) >= 11 is 0. The molecule has 1 aromatic heterocycles. The lowest BCUT2D eigenvalue weighted by molar-refractivity contribution is 0.738. The van der Waals surface area contributed by atoms with Crippen molar-refractivity contribution in [1.29, 1.82) is 0 Å². The molecule has 0 aliphatic rings. The Bertz CT molecular complexity index is 370. The molecule has 0 bridgehead atoms. The Kier molecular flexibility index (Phi) is 3.18. The van der Waals surface area contributed by atoms with Gasteiger partial charge in [-0.3, -0.25) is 0 Å². The molecule has 2 nitrogen and oxygen atoms in total. The van der Waals surface area contributed by atoms with Crippen molar-refractivity contribution in [3.63, 3.8) is 0 Å².